The van der Waals surface area contributed by atoms with E-state index in [9.17, 15) is 14.4 Å². The number of nitrogens with zero attached hydrogens (tertiary/aromatic N) is 1. The molecule has 7 heteroatoms. The lowest BCUT2D eigenvalue weighted by Crippen LogP contribution is -2.30. The van der Waals surface area contributed by atoms with Crippen molar-refractivity contribution in [2.45, 2.75) is 13.8 Å². The normalized spacial score (nSPS) is 10.1. The van der Waals surface area contributed by atoms with Gasteiger partial charge in [-0.1, -0.05) is 6.07 Å². The van der Waals surface area contributed by atoms with Crippen LogP contribution in [0.3, 0.4) is 0 Å². The van der Waals surface area contributed by atoms with E-state index in [1.807, 2.05) is 13.8 Å². The number of rotatable bonds is 8. The summed E-state index contributed by atoms with van der Waals surface area (Å²) in [5, 5.41) is 8.31. The molecule has 7 nitrogen and oxygen atoms in total. The number of carbonyl (C=O) groups excluding carboxylic acids is 3. The van der Waals surface area contributed by atoms with Crippen molar-refractivity contribution in [2.75, 3.05) is 37.3 Å². The van der Waals surface area contributed by atoms with Gasteiger partial charge in [0.05, 0.1) is 6.54 Å². The average molecular weight is 382 g/mol. The van der Waals surface area contributed by atoms with Crippen molar-refractivity contribution in [3.05, 3.63) is 59.7 Å². The molecule has 2 rings (SSSR count). The zero-order valence-electron chi connectivity index (χ0n) is 16.4. The molecule has 0 radical (unpaired) electrons. The predicted octanol–water partition coefficient (Wildman–Crippen LogP) is 2.58. The van der Waals surface area contributed by atoms with Gasteiger partial charge in [-0.15, -0.1) is 0 Å². The largest absolute Gasteiger partial charge is 0.376 e. The summed E-state index contributed by atoms with van der Waals surface area (Å²) >= 11 is 0. The van der Waals surface area contributed by atoms with Crippen LogP contribution in [0.15, 0.2) is 48.5 Å². The smallest absolute Gasteiger partial charge is 0.253 e. The summed E-state index contributed by atoms with van der Waals surface area (Å²) in [6.45, 7) is 5.28. The van der Waals surface area contributed by atoms with E-state index < -0.39 is 0 Å². The van der Waals surface area contributed by atoms with E-state index in [0.717, 1.165) is 5.69 Å². The Hall–Kier alpha value is -3.35. The van der Waals surface area contributed by atoms with E-state index >= 15 is 0 Å². The maximum Gasteiger partial charge on any atom is 0.253 e. The monoisotopic (exact) mass is 382 g/mol. The Morgan fingerprint density at radius 1 is 0.893 bits per heavy atom. The maximum atomic E-state index is 12.3. The Morgan fingerprint density at radius 2 is 1.57 bits per heavy atom. The fourth-order valence-electron chi connectivity index (χ4n) is 2.69. The zero-order valence-corrected chi connectivity index (χ0v) is 16.4. The molecule has 0 aromatic heterocycles. The van der Waals surface area contributed by atoms with Crippen molar-refractivity contribution >= 4 is 29.1 Å². The molecule has 0 fully saturated rings. The molecule has 3 N–H and O–H groups in total. The summed E-state index contributed by atoms with van der Waals surface area (Å²) in [6, 6.07) is 13.8. The minimum Gasteiger partial charge on any atom is -0.376 e. The second-order valence-corrected chi connectivity index (χ2v) is 6.12. The molecule has 0 aliphatic carbocycles. The maximum absolute atomic E-state index is 12.3. The van der Waals surface area contributed by atoms with E-state index in [1.165, 1.54) is 0 Å². The number of nitrogens with one attached hydrogen (secondary N) is 3. The first-order valence-electron chi connectivity index (χ1n) is 9.23. The summed E-state index contributed by atoms with van der Waals surface area (Å²) in [7, 11) is 1.55. The van der Waals surface area contributed by atoms with Gasteiger partial charge >= 0.3 is 0 Å². The number of hydrogen-bond acceptors (Lipinski definition) is 4. The molecule has 0 heterocycles. The van der Waals surface area contributed by atoms with Crippen LogP contribution in [-0.4, -0.2) is 49.3 Å². The van der Waals surface area contributed by atoms with Gasteiger partial charge in [-0.05, 0) is 56.3 Å². The van der Waals surface area contributed by atoms with Gasteiger partial charge in [0, 0.05) is 42.6 Å². The summed E-state index contributed by atoms with van der Waals surface area (Å²) in [4.78, 5) is 37.8. The van der Waals surface area contributed by atoms with Crippen LogP contribution in [0.5, 0.6) is 0 Å². The summed E-state index contributed by atoms with van der Waals surface area (Å²) in [5.41, 5.74) is 2.38. The molecule has 0 atom stereocenters. The molecular weight excluding hydrogens is 356 g/mol. The van der Waals surface area contributed by atoms with Gasteiger partial charge in [-0.3, -0.25) is 14.4 Å². The van der Waals surface area contributed by atoms with E-state index in [4.69, 9.17) is 0 Å². The van der Waals surface area contributed by atoms with Crippen LogP contribution in [0, 0.1) is 0 Å². The molecule has 0 bridgehead atoms. The Morgan fingerprint density at radius 3 is 2.18 bits per heavy atom. The molecule has 2 aromatic rings. The Kier molecular flexibility index (Phi) is 7.56. The van der Waals surface area contributed by atoms with Crippen LogP contribution < -0.4 is 16.0 Å². The van der Waals surface area contributed by atoms with Crippen LogP contribution in [-0.2, 0) is 4.79 Å². The minimum absolute atomic E-state index is 0.00899. The van der Waals surface area contributed by atoms with Crippen molar-refractivity contribution in [3.63, 3.8) is 0 Å². The second kappa shape index (κ2) is 10.1. The van der Waals surface area contributed by atoms with Crippen molar-refractivity contribution in [1.82, 2.24) is 10.2 Å². The van der Waals surface area contributed by atoms with Crippen LogP contribution in [0.2, 0.25) is 0 Å². The summed E-state index contributed by atoms with van der Waals surface area (Å²) < 4.78 is 0. The molecule has 0 spiro atoms. The zero-order chi connectivity index (χ0) is 20.5. The third-order valence-electron chi connectivity index (χ3n) is 4.27. The predicted molar refractivity (Wildman–Crippen MR) is 111 cm³/mol. The molecule has 0 unspecified atom stereocenters. The molecule has 0 aliphatic heterocycles. The first-order valence-corrected chi connectivity index (χ1v) is 9.23. The third kappa shape index (κ3) is 5.57. The molecule has 28 heavy (non-hydrogen) atoms. The topological polar surface area (TPSA) is 90.5 Å². The number of anilines is 2. The minimum atomic E-state index is -0.239. The molecular formula is C21H26N4O3. The van der Waals surface area contributed by atoms with Gasteiger partial charge in [0.1, 0.15) is 0 Å². The van der Waals surface area contributed by atoms with E-state index in [0.29, 0.717) is 29.9 Å². The highest BCUT2D eigenvalue weighted by Gasteiger charge is 2.12. The SMILES string of the molecule is CCN(CC)C(=O)c1ccc(NCC(=O)Nc2cccc(C(=O)NC)c2)cc1. The van der Waals surface area contributed by atoms with Crippen LogP contribution in [0.4, 0.5) is 11.4 Å². The number of benzene rings is 2. The van der Waals surface area contributed by atoms with Crippen molar-refractivity contribution in [2.24, 2.45) is 0 Å². The van der Waals surface area contributed by atoms with Crippen molar-refractivity contribution in [1.29, 1.82) is 0 Å². The van der Waals surface area contributed by atoms with Gasteiger partial charge in [0.2, 0.25) is 5.91 Å². The molecule has 0 aliphatic rings. The third-order valence-corrected chi connectivity index (χ3v) is 4.27. The average Bonchev–Trinajstić information content (AvgIpc) is 2.73. The van der Waals surface area contributed by atoms with Crippen LogP contribution in [0.25, 0.3) is 0 Å². The van der Waals surface area contributed by atoms with Gasteiger partial charge in [0.25, 0.3) is 11.8 Å². The fraction of sp³-hybridized carbons (Fsp3) is 0.286. The van der Waals surface area contributed by atoms with E-state index in [2.05, 4.69) is 16.0 Å². The summed E-state index contributed by atoms with van der Waals surface area (Å²) in [5.74, 6) is -0.462. The molecule has 0 saturated carbocycles. The van der Waals surface area contributed by atoms with Gasteiger partial charge in [0.15, 0.2) is 0 Å². The lowest BCUT2D eigenvalue weighted by atomic mass is 10.1. The van der Waals surface area contributed by atoms with Crippen LogP contribution in [0.1, 0.15) is 34.6 Å². The number of amides is 3. The number of hydrogen-bond donors (Lipinski definition) is 3. The summed E-state index contributed by atoms with van der Waals surface area (Å²) in [6.07, 6.45) is 0. The number of carbonyl (C=O) groups is 3. The molecule has 3 amide bonds. The van der Waals surface area contributed by atoms with Gasteiger partial charge in [-0.25, -0.2) is 0 Å². The second-order valence-electron chi connectivity index (χ2n) is 6.12. The first kappa shape index (κ1) is 21.0. The van der Waals surface area contributed by atoms with Crippen molar-refractivity contribution in [3.8, 4) is 0 Å². The fourth-order valence-corrected chi connectivity index (χ4v) is 2.69. The lowest BCUT2D eigenvalue weighted by Gasteiger charge is -2.18. The Balaban J connectivity index is 1.91. The highest BCUT2D eigenvalue weighted by Crippen LogP contribution is 2.13. The lowest BCUT2D eigenvalue weighted by molar-refractivity contribution is -0.114. The van der Waals surface area contributed by atoms with Gasteiger partial charge in [-0.2, -0.15) is 0 Å². The van der Waals surface area contributed by atoms with E-state index in [1.54, 1.807) is 60.5 Å². The van der Waals surface area contributed by atoms with Crippen molar-refractivity contribution < 1.29 is 14.4 Å². The Bertz CT molecular complexity index is 830. The molecule has 148 valence electrons. The molecule has 2 aromatic carbocycles. The quantitative estimate of drug-likeness (QED) is 0.654. The first-order chi connectivity index (χ1) is 13.5. The highest BCUT2D eigenvalue weighted by molar-refractivity contribution is 5.98. The van der Waals surface area contributed by atoms with E-state index in [-0.39, 0.29) is 24.3 Å². The standard InChI is InChI=1S/C21H26N4O3/c1-4-25(5-2)21(28)15-9-11-17(12-10-15)23-14-19(26)24-18-8-6-7-16(13-18)20(27)22-3/h6-13,23H,4-5,14H2,1-3H3,(H,22,27)(H,24,26). The molecule has 0 saturated heterocycles. The van der Waals surface area contributed by atoms with Gasteiger partial charge < -0.3 is 20.9 Å². The van der Waals surface area contributed by atoms with Crippen LogP contribution >= 0.6 is 0 Å². The highest BCUT2D eigenvalue weighted by atomic mass is 16.2. The Labute approximate surface area is 165 Å².